The molecule has 2 aromatic carbocycles. The van der Waals surface area contributed by atoms with E-state index in [0.29, 0.717) is 27.5 Å². The number of allylic oxidation sites excluding steroid dienone is 1. The molecule has 10 heteroatoms. The van der Waals surface area contributed by atoms with Crippen molar-refractivity contribution in [2.45, 2.75) is 4.90 Å². The standard InChI is InChI=1S/C21H14N4O4S2/c22-10-14(11-24-15-5-7-16(8-6-15)31(23,27)28)20-25-18(12-30-20)17-9-13-3-1-2-4-19(13)29-21(17)26/h1-9,11-12,24H,(H2,23,27,28). The van der Waals surface area contributed by atoms with Gasteiger partial charge in [0.2, 0.25) is 10.0 Å². The van der Waals surface area contributed by atoms with E-state index in [-0.39, 0.29) is 10.5 Å². The largest absolute Gasteiger partial charge is 0.422 e. The zero-order chi connectivity index (χ0) is 22.0. The van der Waals surface area contributed by atoms with Gasteiger partial charge in [0.1, 0.15) is 22.2 Å². The van der Waals surface area contributed by atoms with Gasteiger partial charge < -0.3 is 9.73 Å². The summed E-state index contributed by atoms with van der Waals surface area (Å²) in [5.41, 5.74) is 1.51. The van der Waals surface area contributed by atoms with Gasteiger partial charge in [-0.2, -0.15) is 5.26 Å². The lowest BCUT2D eigenvalue weighted by atomic mass is 10.1. The monoisotopic (exact) mass is 450 g/mol. The van der Waals surface area contributed by atoms with Crippen LogP contribution in [-0.4, -0.2) is 13.4 Å². The van der Waals surface area contributed by atoms with Gasteiger partial charge in [-0.25, -0.2) is 23.3 Å². The fourth-order valence-corrected chi connectivity index (χ4v) is 4.10. The molecule has 154 valence electrons. The fraction of sp³-hybridized carbons (Fsp3) is 0. The summed E-state index contributed by atoms with van der Waals surface area (Å²) in [6.07, 6.45) is 1.46. The Morgan fingerprint density at radius 1 is 1.19 bits per heavy atom. The molecular weight excluding hydrogens is 436 g/mol. The predicted octanol–water partition coefficient (Wildman–Crippen LogP) is 3.54. The normalized spacial score (nSPS) is 11.9. The quantitative estimate of drug-likeness (QED) is 0.350. The lowest BCUT2D eigenvalue weighted by Gasteiger charge is -2.03. The molecule has 0 bridgehead atoms. The third kappa shape index (κ3) is 4.39. The molecule has 0 amide bonds. The lowest BCUT2D eigenvalue weighted by molar-refractivity contribution is 0.563. The minimum atomic E-state index is -3.78. The molecule has 0 aliphatic carbocycles. The van der Waals surface area contributed by atoms with Crippen molar-refractivity contribution >= 4 is 43.6 Å². The second-order valence-corrected chi connectivity index (χ2v) is 8.83. The molecule has 4 rings (SSSR count). The van der Waals surface area contributed by atoms with E-state index in [1.165, 1.54) is 41.8 Å². The molecule has 8 nitrogen and oxygen atoms in total. The molecule has 4 aromatic rings. The van der Waals surface area contributed by atoms with E-state index in [0.717, 1.165) is 5.39 Å². The number of nitrogens with two attached hydrogens (primary N) is 1. The van der Waals surface area contributed by atoms with E-state index in [1.807, 2.05) is 12.1 Å². The van der Waals surface area contributed by atoms with Gasteiger partial charge in [-0.15, -0.1) is 11.3 Å². The van der Waals surface area contributed by atoms with Crippen molar-refractivity contribution in [1.29, 1.82) is 5.26 Å². The average Bonchev–Trinajstić information content (AvgIpc) is 3.23. The number of benzene rings is 2. The Morgan fingerprint density at radius 3 is 2.65 bits per heavy atom. The van der Waals surface area contributed by atoms with Crippen molar-refractivity contribution in [2.75, 3.05) is 5.32 Å². The minimum Gasteiger partial charge on any atom is -0.422 e. The van der Waals surface area contributed by atoms with Crippen LogP contribution in [0.4, 0.5) is 5.69 Å². The van der Waals surface area contributed by atoms with E-state index in [2.05, 4.69) is 16.4 Å². The summed E-state index contributed by atoms with van der Waals surface area (Å²) in [4.78, 5) is 16.7. The highest BCUT2D eigenvalue weighted by atomic mass is 32.2. The maximum atomic E-state index is 12.3. The molecule has 2 aromatic heterocycles. The van der Waals surface area contributed by atoms with Gasteiger partial charge in [-0.05, 0) is 36.4 Å². The zero-order valence-electron chi connectivity index (χ0n) is 15.8. The van der Waals surface area contributed by atoms with Gasteiger partial charge in [0.25, 0.3) is 0 Å². The predicted molar refractivity (Wildman–Crippen MR) is 119 cm³/mol. The number of nitrogens with one attached hydrogen (secondary N) is 1. The van der Waals surface area contributed by atoms with Crippen molar-refractivity contribution in [2.24, 2.45) is 5.14 Å². The Balaban J connectivity index is 1.61. The van der Waals surface area contributed by atoms with Gasteiger partial charge in [0.15, 0.2) is 0 Å². The summed E-state index contributed by atoms with van der Waals surface area (Å²) < 4.78 is 28.0. The number of rotatable bonds is 5. The van der Waals surface area contributed by atoms with Gasteiger partial charge in [0.05, 0.1) is 16.2 Å². The molecule has 0 saturated heterocycles. The highest BCUT2D eigenvalue weighted by Gasteiger charge is 2.14. The third-order valence-corrected chi connectivity index (χ3v) is 6.14. The van der Waals surface area contributed by atoms with E-state index in [4.69, 9.17) is 9.56 Å². The topological polar surface area (TPSA) is 139 Å². The van der Waals surface area contributed by atoms with Gasteiger partial charge in [-0.3, -0.25) is 0 Å². The van der Waals surface area contributed by atoms with E-state index < -0.39 is 15.6 Å². The Labute approximate surface area is 181 Å². The lowest BCUT2D eigenvalue weighted by Crippen LogP contribution is -2.11. The van der Waals surface area contributed by atoms with Crippen molar-refractivity contribution in [3.63, 3.8) is 0 Å². The first kappa shape index (κ1) is 20.5. The molecular formula is C21H14N4O4S2. The molecule has 0 radical (unpaired) electrons. The van der Waals surface area contributed by atoms with Gasteiger partial charge in [-0.1, -0.05) is 18.2 Å². The number of fused-ring (bicyclic) bond motifs is 1. The summed E-state index contributed by atoms with van der Waals surface area (Å²) in [5.74, 6) is 0. The Morgan fingerprint density at radius 2 is 1.94 bits per heavy atom. The van der Waals surface area contributed by atoms with E-state index >= 15 is 0 Å². The van der Waals surface area contributed by atoms with Crippen LogP contribution in [0.25, 0.3) is 27.8 Å². The minimum absolute atomic E-state index is 0.0127. The number of sulfonamides is 1. The van der Waals surface area contributed by atoms with Gasteiger partial charge in [0, 0.05) is 22.7 Å². The van der Waals surface area contributed by atoms with Crippen LogP contribution < -0.4 is 16.1 Å². The first-order chi connectivity index (χ1) is 14.8. The number of hydrogen-bond donors (Lipinski definition) is 2. The molecule has 0 atom stereocenters. The molecule has 0 saturated carbocycles. The molecule has 0 aliphatic heterocycles. The van der Waals surface area contributed by atoms with Crippen molar-refractivity contribution in [3.8, 4) is 17.3 Å². The van der Waals surface area contributed by atoms with E-state index in [1.54, 1.807) is 23.6 Å². The molecule has 0 spiro atoms. The average molecular weight is 451 g/mol. The Kier molecular flexibility index (Phi) is 5.39. The number of primary sulfonamides is 1. The second-order valence-electron chi connectivity index (χ2n) is 6.41. The highest BCUT2D eigenvalue weighted by molar-refractivity contribution is 7.89. The number of nitriles is 1. The Hall–Kier alpha value is -3.78. The number of para-hydroxylation sites is 1. The number of aromatic nitrogens is 1. The molecule has 0 aliphatic rings. The van der Waals surface area contributed by atoms with Crippen molar-refractivity contribution in [3.05, 3.63) is 81.6 Å². The SMILES string of the molecule is N#CC(=CNc1ccc(S(N)(=O)=O)cc1)c1nc(-c2cc3ccccc3oc2=O)cs1. The number of hydrogen-bond acceptors (Lipinski definition) is 8. The molecule has 0 unspecified atom stereocenters. The van der Waals surface area contributed by atoms with Crippen LogP contribution in [0, 0.1) is 11.3 Å². The van der Waals surface area contributed by atoms with E-state index in [9.17, 15) is 18.5 Å². The molecule has 0 fully saturated rings. The summed E-state index contributed by atoms with van der Waals surface area (Å²) in [6, 6.07) is 16.7. The zero-order valence-corrected chi connectivity index (χ0v) is 17.4. The summed E-state index contributed by atoms with van der Waals surface area (Å²) >= 11 is 1.21. The third-order valence-electron chi connectivity index (χ3n) is 4.34. The number of nitrogens with zero attached hydrogens (tertiary/aromatic N) is 2. The maximum Gasteiger partial charge on any atom is 0.345 e. The fourth-order valence-electron chi connectivity index (χ4n) is 2.80. The summed E-state index contributed by atoms with van der Waals surface area (Å²) in [6.45, 7) is 0. The molecule has 31 heavy (non-hydrogen) atoms. The highest BCUT2D eigenvalue weighted by Crippen LogP contribution is 2.26. The van der Waals surface area contributed by atoms with Crippen LogP contribution in [0.3, 0.4) is 0 Å². The summed E-state index contributed by atoms with van der Waals surface area (Å²) in [7, 11) is -3.78. The van der Waals surface area contributed by atoms with Gasteiger partial charge >= 0.3 is 5.63 Å². The maximum absolute atomic E-state index is 12.3. The van der Waals surface area contributed by atoms with Crippen LogP contribution in [0.5, 0.6) is 0 Å². The van der Waals surface area contributed by atoms with Crippen LogP contribution in [0.1, 0.15) is 5.01 Å². The number of anilines is 1. The number of thiazole rings is 1. The van der Waals surface area contributed by atoms with Crippen LogP contribution in [0.2, 0.25) is 0 Å². The van der Waals surface area contributed by atoms with Crippen molar-refractivity contribution in [1.82, 2.24) is 4.98 Å². The first-order valence-corrected chi connectivity index (χ1v) is 11.3. The smallest absolute Gasteiger partial charge is 0.345 e. The van der Waals surface area contributed by atoms with Crippen LogP contribution in [-0.2, 0) is 10.0 Å². The van der Waals surface area contributed by atoms with Crippen LogP contribution >= 0.6 is 11.3 Å². The first-order valence-electron chi connectivity index (χ1n) is 8.84. The van der Waals surface area contributed by atoms with Crippen LogP contribution in [0.15, 0.2) is 80.3 Å². The van der Waals surface area contributed by atoms with Crippen molar-refractivity contribution < 1.29 is 12.8 Å². The molecule has 2 heterocycles. The molecule has 3 N–H and O–H groups in total. The summed E-state index contributed by atoms with van der Waals surface area (Å²) in [5, 5.41) is 20.4. The second kappa shape index (κ2) is 8.16. The Bertz CT molecular complexity index is 1510.